The summed E-state index contributed by atoms with van der Waals surface area (Å²) in [5, 5.41) is 7.33. The van der Waals surface area contributed by atoms with Crippen molar-refractivity contribution in [1.82, 2.24) is 0 Å². The molecule has 0 unspecified atom stereocenters. The van der Waals surface area contributed by atoms with Gasteiger partial charge in [0.25, 0.3) is 0 Å². The first-order chi connectivity index (χ1) is 28.3. The summed E-state index contributed by atoms with van der Waals surface area (Å²) in [6, 6.07) is 64.8. The lowest BCUT2D eigenvalue weighted by molar-refractivity contribution is 0.652. The summed E-state index contributed by atoms with van der Waals surface area (Å²) in [5.74, 6) is 0. The molecule has 0 saturated heterocycles. The molecule has 2 aliphatic carbocycles. The van der Waals surface area contributed by atoms with Crippen molar-refractivity contribution < 1.29 is 4.42 Å². The molecule has 12 rings (SSSR count). The SMILES string of the molecule is CC1(C)c2cc3c(cc2-c2c1ccc1ccccc21)C(C)(C)c1cc(N(c2cccc(-c4ccccc4)c2)c2cccc4c2oc2ccccc24)c2ccccc2c1-3. The molecule has 276 valence electrons. The standard InChI is InChI=1S/C56H41NO/c1-55(2)45-29-28-35-18-8-9-21-38(35)52(45)43-31-47-44(32-46(43)55)53-41-24-11-10-22-39(41)50(33-48(53)56(47,3)4)57(37-20-14-19-36(30-37)34-16-6-5-7-17-34)49-26-15-25-42-40-23-12-13-27-51(40)58-54(42)49/h5-33H,1-4H3. The molecule has 0 saturated carbocycles. The van der Waals surface area contributed by atoms with Gasteiger partial charge in [-0.1, -0.05) is 161 Å². The quantitative estimate of drug-likeness (QED) is 0.178. The molecule has 10 aromatic rings. The van der Waals surface area contributed by atoms with Gasteiger partial charge in [0, 0.05) is 32.7 Å². The molecule has 1 aromatic heterocycles. The first kappa shape index (κ1) is 33.3. The van der Waals surface area contributed by atoms with Crippen LogP contribution in [0.1, 0.15) is 49.9 Å². The fraction of sp³-hybridized carbons (Fsp3) is 0.107. The van der Waals surface area contributed by atoms with Crippen LogP contribution in [-0.2, 0) is 10.8 Å². The Balaban J connectivity index is 1.14. The fourth-order valence-electron chi connectivity index (χ4n) is 10.5. The summed E-state index contributed by atoms with van der Waals surface area (Å²) in [6.07, 6.45) is 0. The maximum absolute atomic E-state index is 6.80. The van der Waals surface area contributed by atoms with Crippen molar-refractivity contribution in [2.24, 2.45) is 0 Å². The van der Waals surface area contributed by atoms with E-state index in [9.17, 15) is 0 Å². The largest absolute Gasteiger partial charge is 0.454 e. The van der Waals surface area contributed by atoms with Crippen LogP contribution < -0.4 is 4.90 Å². The summed E-state index contributed by atoms with van der Waals surface area (Å²) in [6.45, 7) is 9.66. The van der Waals surface area contributed by atoms with E-state index in [1.54, 1.807) is 0 Å². The van der Waals surface area contributed by atoms with Crippen LogP contribution in [0, 0.1) is 0 Å². The van der Waals surface area contributed by atoms with Crippen molar-refractivity contribution >= 4 is 60.5 Å². The van der Waals surface area contributed by atoms with Crippen molar-refractivity contribution in [2.45, 2.75) is 38.5 Å². The molecule has 2 aliphatic rings. The minimum atomic E-state index is -0.265. The molecule has 1 heterocycles. The molecule has 0 N–H and O–H groups in total. The van der Waals surface area contributed by atoms with Crippen LogP contribution in [0.25, 0.3) is 76.9 Å². The molecule has 9 aromatic carbocycles. The van der Waals surface area contributed by atoms with Crippen LogP contribution in [0.4, 0.5) is 17.1 Å². The third-order valence-electron chi connectivity index (χ3n) is 13.4. The molecule has 0 spiro atoms. The minimum Gasteiger partial charge on any atom is -0.454 e. The Labute approximate surface area is 338 Å². The summed E-state index contributed by atoms with van der Waals surface area (Å²) in [4.78, 5) is 2.45. The Bertz CT molecular complexity index is 3350. The highest BCUT2D eigenvalue weighted by Crippen LogP contribution is 2.60. The normalized spacial score (nSPS) is 14.5. The molecule has 0 radical (unpaired) electrons. The van der Waals surface area contributed by atoms with E-state index in [4.69, 9.17) is 4.42 Å². The molecule has 0 aliphatic heterocycles. The van der Waals surface area contributed by atoms with E-state index in [-0.39, 0.29) is 10.8 Å². The van der Waals surface area contributed by atoms with Crippen LogP contribution in [-0.4, -0.2) is 0 Å². The summed E-state index contributed by atoms with van der Waals surface area (Å²) in [7, 11) is 0. The number of fused-ring (bicyclic) bond motifs is 13. The van der Waals surface area contributed by atoms with Crippen LogP contribution >= 0.6 is 0 Å². The number of rotatable bonds is 4. The lowest BCUT2D eigenvalue weighted by Gasteiger charge is -2.30. The van der Waals surface area contributed by atoms with Crippen molar-refractivity contribution in [3.63, 3.8) is 0 Å². The van der Waals surface area contributed by atoms with Gasteiger partial charge in [0.2, 0.25) is 0 Å². The average Bonchev–Trinajstić information content (AvgIpc) is 3.83. The van der Waals surface area contributed by atoms with Gasteiger partial charge in [-0.25, -0.2) is 0 Å². The van der Waals surface area contributed by atoms with Crippen LogP contribution in [0.15, 0.2) is 180 Å². The minimum absolute atomic E-state index is 0.127. The van der Waals surface area contributed by atoms with Crippen LogP contribution in [0.2, 0.25) is 0 Å². The second-order valence-corrected chi connectivity index (χ2v) is 17.3. The van der Waals surface area contributed by atoms with E-state index >= 15 is 0 Å². The zero-order valence-electron chi connectivity index (χ0n) is 33.1. The van der Waals surface area contributed by atoms with Crippen molar-refractivity contribution in [1.29, 1.82) is 0 Å². The van der Waals surface area contributed by atoms with E-state index in [1.165, 1.54) is 77.2 Å². The first-order valence-electron chi connectivity index (χ1n) is 20.4. The second kappa shape index (κ2) is 11.8. The Kier molecular flexibility index (Phi) is 6.78. The number of hydrogen-bond donors (Lipinski definition) is 0. The molecular weight excluding hydrogens is 703 g/mol. The Hall–Kier alpha value is -6.90. The zero-order valence-corrected chi connectivity index (χ0v) is 33.1. The predicted molar refractivity (Wildman–Crippen MR) is 244 cm³/mol. The number of para-hydroxylation sites is 2. The fourth-order valence-corrected chi connectivity index (χ4v) is 10.5. The van der Waals surface area contributed by atoms with Gasteiger partial charge in [0.1, 0.15) is 5.58 Å². The van der Waals surface area contributed by atoms with E-state index in [0.29, 0.717) is 0 Å². The van der Waals surface area contributed by atoms with Gasteiger partial charge < -0.3 is 9.32 Å². The topological polar surface area (TPSA) is 16.4 Å². The van der Waals surface area contributed by atoms with Crippen molar-refractivity contribution in [3.8, 4) is 33.4 Å². The Morgan fingerprint density at radius 2 is 1.00 bits per heavy atom. The highest BCUT2D eigenvalue weighted by Gasteiger charge is 2.43. The predicted octanol–water partition coefficient (Wildman–Crippen LogP) is 15.6. The Morgan fingerprint density at radius 3 is 1.79 bits per heavy atom. The second-order valence-electron chi connectivity index (χ2n) is 17.3. The highest BCUT2D eigenvalue weighted by atomic mass is 16.3. The molecule has 0 atom stereocenters. The zero-order chi connectivity index (χ0) is 38.9. The van der Waals surface area contributed by atoms with Gasteiger partial charge in [-0.3, -0.25) is 0 Å². The number of anilines is 3. The van der Waals surface area contributed by atoms with Crippen molar-refractivity contribution in [2.75, 3.05) is 4.90 Å². The number of nitrogens with zero attached hydrogens (tertiary/aromatic N) is 1. The monoisotopic (exact) mass is 743 g/mol. The summed E-state index contributed by atoms with van der Waals surface area (Å²) < 4.78 is 6.80. The summed E-state index contributed by atoms with van der Waals surface area (Å²) in [5.41, 5.74) is 18.0. The smallest absolute Gasteiger partial charge is 0.159 e. The molecule has 2 nitrogen and oxygen atoms in total. The lowest BCUT2D eigenvalue weighted by atomic mass is 9.79. The van der Waals surface area contributed by atoms with Crippen LogP contribution in [0.5, 0.6) is 0 Å². The van der Waals surface area contributed by atoms with E-state index in [0.717, 1.165) is 39.0 Å². The molecule has 0 fully saturated rings. The number of furan rings is 1. The van der Waals surface area contributed by atoms with E-state index < -0.39 is 0 Å². The molecule has 0 amide bonds. The van der Waals surface area contributed by atoms with Gasteiger partial charge in [-0.05, 0) is 114 Å². The van der Waals surface area contributed by atoms with E-state index in [1.807, 2.05) is 0 Å². The van der Waals surface area contributed by atoms with E-state index in [2.05, 4.69) is 209 Å². The van der Waals surface area contributed by atoms with Gasteiger partial charge >= 0.3 is 0 Å². The number of hydrogen-bond acceptors (Lipinski definition) is 2. The third kappa shape index (κ3) is 4.49. The molecule has 58 heavy (non-hydrogen) atoms. The lowest BCUT2D eigenvalue weighted by Crippen LogP contribution is -2.18. The molecule has 0 bridgehead atoms. The first-order valence-corrected chi connectivity index (χ1v) is 20.4. The van der Waals surface area contributed by atoms with Gasteiger partial charge in [-0.15, -0.1) is 0 Å². The van der Waals surface area contributed by atoms with Crippen molar-refractivity contribution in [3.05, 3.63) is 198 Å². The van der Waals surface area contributed by atoms with Gasteiger partial charge in [0.05, 0.1) is 11.4 Å². The molecular formula is C56H41NO. The average molecular weight is 744 g/mol. The number of benzene rings is 9. The Morgan fingerprint density at radius 1 is 0.397 bits per heavy atom. The summed E-state index contributed by atoms with van der Waals surface area (Å²) >= 11 is 0. The van der Waals surface area contributed by atoms with Crippen LogP contribution in [0.3, 0.4) is 0 Å². The maximum atomic E-state index is 6.80. The maximum Gasteiger partial charge on any atom is 0.159 e. The highest BCUT2D eigenvalue weighted by molar-refractivity contribution is 6.15. The molecule has 2 heteroatoms. The van der Waals surface area contributed by atoms with Gasteiger partial charge in [-0.2, -0.15) is 0 Å². The third-order valence-corrected chi connectivity index (χ3v) is 13.4. The van der Waals surface area contributed by atoms with Gasteiger partial charge in [0.15, 0.2) is 5.58 Å².